The average Bonchev–Trinajstić information content (AvgIpc) is 3.35. The minimum atomic E-state index is -0.206. The molecule has 2 atom stereocenters. The van der Waals surface area contributed by atoms with Crippen molar-refractivity contribution in [3.05, 3.63) is 27.8 Å². The second kappa shape index (κ2) is 6.35. The Morgan fingerprint density at radius 1 is 1.28 bits per heavy atom. The Bertz CT molecular complexity index is 973. The summed E-state index contributed by atoms with van der Waals surface area (Å²) in [7, 11) is 1.70. The van der Waals surface area contributed by atoms with E-state index < -0.39 is 0 Å². The molecule has 0 spiro atoms. The van der Waals surface area contributed by atoms with E-state index in [0.29, 0.717) is 23.2 Å². The van der Waals surface area contributed by atoms with Crippen molar-refractivity contribution in [1.29, 1.82) is 0 Å². The summed E-state index contributed by atoms with van der Waals surface area (Å²) in [5, 5.41) is 17.2. The van der Waals surface area contributed by atoms with E-state index in [1.807, 2.05) is 6.08 Å². The molecule has 1 fully saturated rings. The van der Waals surface area contributed by atoms with E-state index in [4.69, 9.17) is 4.74 Å². The zero-order chi connectivity index (χ0) is 20.5. The standard InChI is InChI=1S/C24H30N2O3/c1-5-6-18-17(23(28)26(4)25-18)12-16-15-9-10-24(2,3)29-22(15)20-14-8-7-13(11-14)19(20)21(16)27/h12-14,27H,5-11H2,1-4H3/b17-12+. The summed E-state index contributed by atoms with van der Waals surface area (Å²) >= 11 is 0. The third kappa shape index (κ3) is 2.73. The predicted octanol–water partition coefficient (Wildman–Crippen LogP) is 4.87. The van der Waals surface area contributed by atoms with E-state index in [0.717, 1.165) is 66.7 Å². The first-order valence-electron chi connectivity index (χ1n) is 11.0. The van der Waals surface area contributed by atoms with Gasteiger partial charge < -0.3 is 9.84 Å². The Morgan fingerprint density at radius 3 is 2.72 bits per heavy atom. The Morgan fingerprint density at radius 2 is 2.00 bits per heavy atom. The van der Waals surface area contributed by atoms with E-state index in [2.05, 4.69) is 25.9 Å². The third-order valence-corrected chi connectivity index (χ3v) is 7.13. The molecular formula is C24H30N2O3. The highest BCUT2D eigenvalue weighted by Crippen LogP contribution is 2.61. The molecule has 154 valence electrons. The number of carbonyl (C=O) groups excluding carboxylic acids is 1. The minimum Gasteiger partial charge on any atom is -0.507 e. The van der Waals surface area contributed by atoms with Crippen LogP contribution in [0.1, 0.15) is 93.4 Å². The number of hydrogen-bond donors (Lipinski definition) is 1. The van der Waals surface area contributed by atoms with E-state index in [-0.39, 0.29) is 11.5 Å². The van der Waals surface area contributed by atoms with Crippen LogP contribution in [0.3, 0.4) is 0 Å². The number of phenolic OH excluding ortho intramolecular Hbond substituents is 1. The highest BCUT2D eigenvalue weighted by molar-refractivity contribution is 6.27. The van der Waals surface area contributed by atoms with Gasteiger partial charge in [0.15, 0.2) is 0 Å². The number of aromatic hydroxyl groups is 1. The molecule has 0 saturated heterocycles. The predicted molar refractivity (Wildman–Crippen MR) is 114 cm³/mol. The lowest BCUT2D eigenvalue weighted by atomic mass is 9.81. The number of benzene rings is 1. The molecule has 1 N–H and O–H groups in total. The van der Waals surface area contributed by atoms with Gasteiger partial charge in [-0.1, -0.05) is 13.3 Å². The highest BCUT2D eigenvalue weighted by atomic mass is 16.5. The molecule has 1 aromatic carbocycles. The van der Waals surface area contributed by atoms with Gasteiger partial charge in [0, 0.05) is 29.3 Å². The van der Waals surface area contributed by atoms with E-state index >= 15 is 0 Å². The number of amides is 1. The van der Waals surface area contributed by atoms with E-state index in [1.165, 1.54) is 17.0 Å². The number of ether oxygens (including phenoxy) is 1. The Hall–Kier alpha value is -2.30. The Labute approximate surface area is 172 Å². The van der Waals surface area contributed by atoms with Crippen LogP contribution in [-0.4, -0.2) is 34.4 Å². The molecular weight excluding hydrogens is 364 g/mol. The second-order valence-corrected chi connectivity index (χ2v) is 9.65. The number of hydrazone groups is 1. The molecule has 2 unspecified atom stereocenters. The Kier molecular flexibility index (Phi) is 4.10. The molecule has 5 heteroatoms. The van der Waals surface area contributed by atoms with Crippen molar-refractivity contribution in [3.8, 4) is 11.5 Å². The van der Waals surface area contributed by atoms with Gasteiger partial charge in [0.1, 0.15) is 17.1 Å². The van der Waals surface area contributed by atoms with Crippen molar-refractivity contribution in [3.63, 3.8) is 0 Å². The largest absolute Gasteiger partial charge is 0.507 e. The molecule has 1 aromatic rings. The smallest absolute Gasteiger partial charge is 0.275 e. The minimum absolute atomic E-state index is 0.0966. The molecule has 5 rings (SSSR count). The van der Waals surface area contributed by atoms with Crippen molar-refractivity contribution in [1.82, 2.24) is 5.01 Å². The number of fused-ring (bicyclic) bond motifs is 7. The SMILES string of the molecule is CCCC1=NN(C)C(=O)/C1=C/c1c(O)c2c(c3c1CCC(C)(C)O3)C1CCC2C1. The summed E-state index contributed by atoms with van der Waals surface area (Å²) in [5.41, 5.74) is 5.40. The van der Waals surface area contributed by atoms with Gasteiger partial charge in [0.25, 0.3) is 5.91 Å². The number of carbonyl (C=O) groups is 1. The summed E-state index contributed by atoms with van der Waals surface area (Å²) in [5.74, 6) is 2.18. The summed E-state index contributed by atoms with van der Waals surface area (Å²) in [6.45, 7) is 6.37. The molecule has 1 amide bonds. The molecule has 4 aliphatic rings. The fourth-order valence-electron chi connectivity index (χ4n) is 5.71. The van der Waals surface area contributed by atoms with Gasteiger partial charge in [-0.15, -0.1) is 0 Å². The maximum Gasteiger partial charge on any atom is 0.275 e. The van der Waals surface area contributed by atoms with Crippen molar-refractivity contribution >= 4 is 17.7 Å². The summed E-state index contributed by atoms with van der Waals surface area (Å²) in [6, 6.07) is 0. The van der Waals surface area contributed by atoms with Crippen LogP contribution < -0.4 is 4.74 Å². The fourth-order valence-corrected chi connectivity index (χ4v) is 5.71. The summed E-state index contributed by atoms with van der Waals surface area (Å²) in [4.78, 5) is 12.8. The van der Waals surface area contributed by atoms with Crippen molar-refractivity contribution < 1.29 is 14.6 Å². The number of hydrogen-bond acceptors (Lipinski definition) is 4. The first-order chi connectivity index (χ1) is 13.8. The van der Waals surface area contributed by atoms with Gasteiger partial charge in [-0.05, 0) is 70.3 Å². The Balaban J connectivity index is 1.72. The van der Waals surface area contributed by atoms with Gasteiger partial charge in [-0.2, -0.15) is 5.10 Å². The molecule has 5 nitrogen and oxygen atoms in total. The first-order valence-corrected chi connectivity index (χ1v) is 11.0. The van der Waals surface area contributed by atoms with E-state index in [9.17, 15) is 9.90 Å². The lowest BCUT2D eigenvalue weighted by molar-refractivity contribution is -0.124. The quantitative estimate of drug-likeness (QED) is 0.744. The molecule has 0 aromatic heterocycles. The van der Waals surface area contributed by atoms with E-state index in [1.54, 1.807) is 7.05 Å². The van der Waals surface area contributed by atoms with Crippen molar-refractivity contribution in [2.24, 2.45) is 5.10 Å². The number of nitrogens with zero attached hydrogens (tertiary/aromatic N) is 2. The summed E-state index contributed by atoms with van der Waals surface area (Å²) in [6.07, 6.45) is 8.75. The zero-order valence-electron chi connectivity index (χ0n) is 17.8. The van der Waals surface area contributed by atoms with Crippen LogP contribution in [0.15, 0.2) is 10.7 Å². The fraction of sp³-hybridized carbons (Fsp3) is 0.583. The van der Waals surface area contributed by atoms with Crippen LogP contribution in [0, 0.1) is 0 Å². The average molecular weight is 395 g/mol. The third-order valence-electron chi connectivity index (χ3n) is 7.13. The molecule has 1 saturated carbocycles. The van der Waals surface area contributed by atoms with Gasteiger partial charge in [-0.3, -0.25) is 4.79 Å². The van der Waals surface area contributed by atoms with Crippen molar-refractivity contribution in [2.45, 2.75) is 83.2 Å². The van der Waals surface area contributed by atoms with Crippen LogP contribution in [0.5, 0.6) is 11.5 Å². The lowest BCUT2D eigenvalue weighted by Gasteiger charge is -2.37. The molecule has 0 radical (unpaired) electrons. The van der Waals surface area contributed by atoms with Crippen LogP contribution in [0.25, 0.3) is 6.08 Å². The first kappa shape index (κ1) is 18.7. The lowest BCUT2D eigenvalue weighted by Crippen LogP contribution is -2.34. The maximum absolute atomic E-state index is 12.8. The number of likely N-dealkylation sites (N-methyl/N-ethyl adjacent to an activating group) is 1. The van der Waals surface area contributed by atoms with Crippen LogP contribution in [0.4, 0.5) is 0 Å². The van der Waals surface area contributed by atoms with Gasteiger partial charge in [0.05, 0.1) is 11.3 Å². The second-order valence-electron chi connectivity index (χ2n) is 9.65. The van der Waals surface area contributed by atoms with Gasteiger partial charge in [-0.25, -0.2) is 5.01 Å². The van der Waals surface area contributed by atoms with Gasteiger partial charge >= 0.3 is 0 Å². The molecule has 29 heavy (non-hydrogen) atoms. The van der Waals surface area contributed by atoms with Crippen LogP contribution in [-0.2, 0) is 11.2 Å². The van der Waals surface area contributed by atoms with Gasteiger partial charge in [0.2, 0.25) is 0 Å². The maximum atomic E-state index is 12.8. The number of phenols is 1. The molecule has 2 aliphatic carbocycles. The van der Waals surface area contributed by atoms with Crippen LogP contribution >= 0.6 is 0 Å². The highest BCUT2D eigenvalue weighted by Gasteiger charge is 2.45. The number of rotatable bonds is 3. The normalized spacial score (nSPS) is 27.9. The zero-order valence-corrected chi connectivity index (χ0v) is 17.8. The van der Waals surface area contributed by atoms with Crippen molar-refractivity contribution in [2.75, 3.05) is 7.05 Å². The monoisotopic (exact) mass is 394 g/mol. The molecule has 2 heterocycles. The topological polar surface area (TPSA) is 62.1 Å². The molecule has 2 bridgehead atoms. The summed E-state index contributed by atoms with van der Waals surface area (Å²) < 4.78 is 6.53. The van der Waals surface area contributed by atoms with Crippen LogP contribution in [0.2, 0.25) is 0 Å². The molecule has 2 aliphatic heterocycles.